The van der Waals surface area contributed by atoms with Gasteiger partial charge in [-0.15, -0.1) is 0 Å². The lowest BCUT2D eigenvalue weighted by Crippen LogP contribution is -2.63. The number of aliphatic hydroxyl groups is 2. The summed E-state index contributed by atoms with van der Waals surface area (Å²) in [6.45, 7) is 6.51. The number of nitrogens with one attached hydrogen (secondary N) is 1. The predicted octanol–water partition coefficient (Wildman–Crippen LogP) is 6.85. The number of piperidine rings is 1. The minimum atomic E-state index is -0.966. The maximum absolute atomic E-state index is 14.8. The van der Waals surface area contributed by atoms with Crippen LogP contribution < -0.4 is 4.72 Å². The maximum Gasteiger partial charge on any atom is 0.229 e. The van der Waals surface area contributed by atoms with E-state index in [1.165, 1.54) is 0 Å². The van der Waals surface area contributed by atoms with Crippen LogP contribution in [0.2, 0.25) is 5.02 Å². The average molecular weight is 596 g/mol. The molecule has 8 heteroatoms. The molecule has 1 aromatic carbocycles. The van der Waals surface area contributed by atoms with E-state index in [9.17, 15) is 15.0 Å². The molecule has 1 heterocycles. The van der Waals surface area contributed by atoms with Gasteiger partial charge >= 0.3 is 0 Å². The summed E-state index contributed by atoms with van der Waals surface area (Å²) in [4.78, 5) is 16.9. The van der Waals surface area contributed by atoms with E-state index in [2.05, 4.69) is 47.8 Å². The fraction of sp³-hybridized carbons (Fsp3) is 0.581. The first-order valence-corrected chi connectivity index (χ1v) is 16.0. The molecule has 1 aliphatic heterocycles. The first-order chi connectivity index (χ1) is 18.8. The maximum atomic E-state index is 14.8. The summed E-state index contributed by atoms with van der Waals surface area (Å²) in [6.07, 6.45) is 13.6. The molecule has 3 rings (SSSR count). The Balaban J connectivity index is 2.21. The number of carbonyl (C=O) groups excluding carboxylic acids is 1. The van der Waals surface area contributed by atoms with E-state index in [0.29, 0.717) is 29.4 Å². The number of hydrogen-bond acceptors (Lipinski definition) is 5. The zero-order chi connectivity index (χ0) is 28.4. The third-order valence-corrected chi connectivity index (χ3v) is 9.23. The largest absolute Gasteiger partial charge is 0.394 e. The van der Waals surface area contributed by atoms with Crippen molar-refractivity contribution in [2.24, 2.45) is 11.3 Å². The number of allylic oxidation sites excluding steroid dienone is 4. The lowest BCUT2D eigenvalue weighted by molar-refractivity contribution is -0.159. The molecule has 1 saturated heterocycles. The van der Waals surface area contributed by atoms with Crippen molar-refractivity contribution in [3.8, 4) is 0 Å². The van der Waals surface area contributed by atoms with Crippen molar-refractivity contribution in [1.29, 1.82) is 0 Å². The second-order valence-electron chi connectivity index (χ2n) is 10.7. The van der Waals surface area contributed by atoms with E-state index >= 15 is 0 Å². The molecule has 2 aliphatic rings. The van der Waals surface area contributed by atoms with Gasteiger partial charge in [-0.2, -0.15) is 0 Å². The molecular weight excluding hydrogens is 551 g/mol. The molecule has 4 unspecified atom stereocenters. The summed E-state index contributed by atoms with van der Waals surface area (Å²) in [5.74, 6) is 1.01. The standard InChI is InChI=1S/C31H44Cl2N2O3S/c1-4-7-8-12-26(20-34-39-6-3)35-29(22-13-15-24(32)16-14-22)28(23-10-9-11-25(33)17-23)19-31(5-2,30(35)38)18-27(37)21-36/h8-13,15-17,22,26-29,34,36-37H,4-7,14,18-21H2,1-3H3/b12-8+/t22-,26-,27?,28?,29?,31?/m0/s1. The zero-order valence-corrected chi connectivity index (χ0v) is 25.7. The highest BCUT2D eigenvalue weighted by molar-refractivity contribution is 7.97. The molecule has 216 valence electrons. The lowest BCUT2D eigenvalue weighted by atomic mass is 9.62. The molecule has 1 aliphatic carbocycles. The van der Waals surface area contributed by atoms with Crippen molar-refractivity contribution in [2.45, 2.75) is 83.4 Å². The summed E-state index contributed by atoms with van der Waals surface area (Å²) >= 11 is 14.5. The molecule has 0 aromatic heterocycles. The third-order valence-electron chi connectivity index (χ3n) is 8.06. The van der Waals surface area contributed by atoms with Crippen LogP contribution in [-0.4, -0.2) is 58.1 Å². The van der Waals surface area contributed by atoms with Crippen LogP contribution in [0.3, 0.4) is 0 Å². The van der Waals surface area contributed by atoms with Crippen LogP contribution in [0.4, 0.5) is 0 Å². The van der Waals surface area contributed by atoms with Crippen LogP contribution >= 0.6 is 35.1 Å². The summed E-state index contributed by atoms with van der Waals surface area (Å²) in [6, 6.07) is 7.64. The normalized spacial score (nSPS) is 27.2. The summed E-state index contributed by atoms with van der Waals surface area (Å²) in [5.41, 5.74) is 0.272. The molecule has 0 bridgehead atoms. The number of amides is 1. The number of unbranched alkanes of at least 4 members (excludes halogenated alkanes) is 1. The summed E-state index contributed by atoms with van der Waals surface area (Å²) < 4.78 is 3.48. The van der Waals surface area contributed by atoms with Crippen molar-refractivity contribution >= 4 is 41.1 Å². The Morgan fingerprint density at radius 3 is 2.69 bits per heavy atom. The highest BCUT2D eigenvalue weighted by Crippen LogP contribution is 2.51. The fourth-order valence-corrected chi connectivity index (χ4v) is 6.93. The number of hydrogen-bond donors (Lipinski definition) is 3. The molecule has 1 fully saturated rings. The minimum absolute atomic E-state index is 0.0203. The van der Waals surface area contributed by atoms with Crippen molar-refractivity contribution < 1.29 is 15.0 Å². The van der Waals surface area contributed by atoms with E-state index in [-0.39, 0.29) is 42.9 Å². The molecular formula is C31H44Cl2N2O3S. The van der Waals surface area contributed by atoms with Crippen molar-refractivity contribution in [3.05, 3.63) is 70.3 Å². The van der Waals surface area contributed by atoms with Crippen molar-refractivity contribution in [2.75, 3.05) is 18.9 Å². The summed E-state index contributed by atoms with van der Waals surface area (Å²) in [7, 11) is 0. The Labute approximate surface area is 248 Å². The van der Waals surface area contributed by atoms with Crippen LogP contribution in [-0.2, 0) is 4.79 Å². The number of halogens is 2. The van der Waals surface area contributed by atoms with Crippen molar-refractivity contribution in [3.63, 3.8) is 0 Å². The number of benzene rings is 1. The molecule has 0 saturated carbocycles. The van der Waals surface area contributed by atoms with E-state index < -0.39 is 11.5 Å². The van der Waals surface area contributed by atoms with Gasteiger partial charge in [0.15, 0.2) is 0 Å². The van der Waals surface area contributed by atoms with Crippen LogP contribution in [0.5, 0.6) is 0 Å². The number of rotatable bonds is 14. The molecule has 6 atom stereocenters. The quantitative estimate of drug-likeness (QED) is 0.125. The Morgan fingerprint density at radius 1 is 1.28 bits per heavy atom. The Bertz CT molecular complexity index is 1030. The van der Waals surface area contributed by atoms with Crippen LogP contribution in [0.25, 0.3) is 0 Å². The van der Waals surface area contributed by atoms with Gasteiger partial charge in [0.2, 0.25) is 5.91 Å². The smallest absolute Gasteiger partial charge is 0.229 e. The van der Waals surface area contributed by atoms with Crippen LogP contribution in [0.1, 0.15) is 70.8 Å². The van der Waals surface area contributed by atoms with Gasteiger partial charge in [-0.1, -0.05) is 98.8 Å². The minimum Gasteiger partial charge on any atom is -0.394 e. The van der Waals surface area contributed by atoms with Gasteiger partial charge in [0.05, 0.1) is 24.2 Å². The van der Waals surface area contributed by atoms with Gasteiger partial charge in [0.1, 0.15) is 0 Å². The van der Waals surface area contributed by atoms with Gasteiger partial charge in [-0.25, -0.2) is 0 Å². The summed E-state index contributed by atoms with van der Waals surface area (Å²) in [5, 5.41) is 21.8. The number of likely N-dealkylation sites (tertiary alicyclic amines) is 1. The predicted molar refractivity (Wildman–Crippen MR) is 165 cm³/mol. The van der Waals surface area contributed by atoms with Gasteiger partial charge in [-0.05, 0) is 55.9 Å². The van der Waals surface area contributed by atoms with Crippen LogP contribution in [0.15, 0.2) is 59.7 Å². The highest BCUT2D eigenvalue weighted by atomic mass is 35.5. The SMILES string of the molecule is CCC/C=C/[C@@H](CNSCC)N1C(=O)C(CC)(CC(O)CO)CC(c2cccc(Cl)c2)C1[C@H]1C=CC(Cl)=CC1. The van der Waals surface area contributed by atoms with E-state index in [1.807, 2.05) is 37.3 Å². The molecule has 39 heavy (non-hydrogen) atoms. The third kappa shape index (κ3) is 8.15. The van der Waals surface area contributed by atoms with Crippen molar-refractivity contribution in [1.82, 2.24) is 9.62 Å². The average Bonchev–Trinajstić information content (AvgIpc) is 2.94. The molecule has 3 N–H and O–H groups in total. The van der Waals surface area contributed by atoms with E-state index in [0.717, 1.165) is 30.6 Å². The first kappa shape index (κ1) is 32.2. The molecule has 0 radical (unpaired) electrons. The second kappa shape index (κ2) is 15.6. The zero-order valence-electron chi connectivity index (χ0n) is 23.4. The van der Waals surface area contributed by atoms with Gasteiger partial charge in [0.25, 0.3) is 0 Å². The van der Waals surface area contributed by atoms with Gasteiger partial charge in [0, 0.05) is 40.2 Å². The first-order valence-electron chi connectivity index (χ1n) is 14.2. The molecule has 1 amide bonds. The fourth-order valence-electron chi connectivity index (χ4n) is 6.08. The Morgan fingerprint density at radius 2 is 2.08 bits per heavy atom. The lowest BCUT2D eigenvalue weighted by Gasteiger charge is -2.55. The molecule has 1 aromatic rings. The number of carbonyl (C=O) groups is 1. The van der Waals surface area contributed by atoms with E-state index in [1.54, 1.807) is 11.9 Å². The number of nitrogens with zero attached hydrogens (tertiary/aromatic N) is 1. The van der Waals surface area contributed by atoms with E-state index in [4.69, 9.17) is 23.2 Å². The Hall–Kier alpha value is -1.28. The van der Waals surface area contributed by atoms with Gasteiger partial charge in [-0.3, -0.25) is 9.52 Å². The monoisotopic (exact) mass is 594 g/mol. The highest BCUT2D eigenvalue weighted by Gasteiger charge is 2.54. The molecule has 5 nitrogen and oxygen atoms in total. The molecule has 0 spiro atoms. The van der Waals surface area contributed by atoms with Gasteiger partial charge < -0.3 is 15.1 Å². The van der Waals surface area contributed by atoms with Crippen LogP contribution in [0, 0.1) is 11.3 Å². The number of aliphatic hydroxyl groups excluding tert-OH is 2. The topological polar surface area (TPSA) is 72.8 Å². The second-order valence-corrected chi connectivity index (χ2v) is 12.7. The Kier molecular flexibility index (Phi) is 12.9.